The molecule has 0 unspecified atom stereocenters. The van der Waals surface area contributed by atoms with Crippen LogP contribution in [0.15, 0.2) is 65.8 Å². The highest BCUT2D eigenvalue weighted by molar-refractivity contribution is 6.42. The van der Waals surface area contributed by atoms with Gasteiger partial charge in [-0.3, -0.25) is 14.4 Å². The molecule has 0 fully saturated rings. The predicted octanol–water partition coefficient (Wildman–Crippen LogP) is 3.58. The first-order valence-electron chi connectivity index (χ1n) is 8.97. The number of carbonyl (C=O) groups is 3. The molecule has 3 aliphatic rings. The van der Waals surface area contributed by atoms with E-state index in [0.717, 1.165) is 23.2 Å². The van der Waals surface area contributed by atoms with Crippen molar-refractivity contribution < 1.29 is 14.4 Å². The summed E-state index contributed by atoms with van der Waals surface area (Å²) in [4.78, 5) is 40.8. The van der Waals surface area contributed by atoms with E-state index in [0.29, 0.717) is 11.1 Å². The molecule has 2 aliphatic heterocycles. The molecule has 1 amide bonds. The topological polar surface area (TPSA) is 54.5 Å². The number of benzene rings is 2. The number of nitrogens with zero attached hydrogens (tertiary/aromatic N) is 1. The van der Waals surface area contributed by atoms with Crippen molar-refractivity contribution in [3.8, 4) is 0 Å². The van der Waals surface area contributed by atoms with E-state index >= 15 is 0 Å². The van der Waals surface area contributed by atoms with Crippen molar-refractivity contribution in [2.45, 2.75) is 25.8 Å². The Hall–Kier alpha value is -3.27. The SMILES string of the molecule is CC1(C)Cc2ccccc2C2=CC(=C3C(=O)c4ccccc4C3=O)C(=O)N21. The molecule has 1 aliphatic carbocycles. The number of hydrogen-bond acceptors (Lipinski definition) is 3. The third kappa shape index (κ3) is 2.01. The zero-order valence-electron chi connectivity index (χ0n) is 15.1. The van der Waals surface area contributed by atoms with E-state index in [1.807, 2.05) is 32.0 Å². The van der Waals surface area contributed by atoms with Gasteiger partial charge < -0.3 is 4.90 Å². The molecule has 0 bridgehead atoms. The van der Waals surface area contributed by atoms with Gasteiger partial charge in [0.15, 0.2) is 11.6 Å². The van der Waals surface area contributed by atoms with Gasteiger partial charge in [0, 0.05) is 22.2 Å². The van der Waals surface area contributed by atoms with Crippen LogP contribution in [0.5, 0.6) is 0 Å². The highest BCUT2D eigenvalue weighted by Crippen LogP contribution is 2.44. The first-order chi connectivity index (χ1) is 12.9. The van der Waals surface area contributed by atoms with E-state index in [1.54, 1.807) is 35.2 Å². The lowest BCUT2D eigenvalue weighted by Gasteiger charge is -2.42. The summed E-state index contributed by atoms with van der Waals surface area (Å²) in [6.07, 6.45) is 2.44. The molecule has 2 aromatic carbocycles. The third-order valence-electron chi connectivity index (χ3n) is 5.62. The summed E-state index contributed by atoms with van der Waals surface area (Å²) in [6, 6.07) is 14.7. The average molecular weight is 355 g/mol. The van der Waals surface area contributed by atoms with Crippen molar-refractivity contribution in [1.82, 2.24) is 4.90 Å². The van der Waals surface area contributed by atoms with Crippen LogP contribution in [0.25, 0.3) is 5.70 Å². The Kier molecular flexibility index (Phi) is 3.03. The number of fused-ring (bicyclic) bond motifs is 4. The zero-order chi connectivity index (χ0) is 18.9. The monoisotopic (exact) mass is 355 g/mol. The molecule has 0 saturated carbocycles. The maximum absolute atomic E-state index is 13.3. The minimum Gasteiger partial charge on any atom is -0.302 e. The maximum Gasteiger partial charge on any atom is 0.259 e. The van der Waals surface area contributed by atoms with Crippen molar-refractivity contribution in [2.24, 2.45) is 0 Å². The minimum absolute atomic E-state index is 0.00335. The van der Waals surface area contributed by atoms with E-state index in [1.165, 1.54) is 0 Å². The van der Waals surface area contributed by atoms with Crippen molar-refractivity contribution in [3.05, 3.63) is 88.0 Å². The third-order valence-corrected chi connectivity index (χ3v) is 5.62. The largest absolute Gasteiger partial charge is 0.302 e. The highest BCUT2D eigenvalue weighted by atomic mass is 16.2. The van der Waals surface area contributed by atoms with Crippen molar-refractivity contribution >= 4 is 23.2 Å². The normalized spacial score (nSPS) is 19.9. The van der Waals surface area contributed by atoms with Crippen molar-refractivity contribution in [3.63, 3.8) is 0 Å². The molecular formula is C23H17NO3. The fourth-order valence-electron chi connectivity index (χ4n) is 4.44. The summed E-state index contributed by atoms with van der Waals surface area (Å²) in [5.41, 5.74) is 3.44. The van der Waals surface area contributed by atoms with Gasteiger partial charge in [-0.1, -0.05) is 48.5 Å². The Balaban J connectivity index is 1.75. The summed E-state index contributed by atoms with van der Waals surface area (Å²) < 4.78 is 0. The number of ketones is 2. The van der Waals surface area contributed by atoms with E-state index in [-0.39, 0.29) is 28.6 Å². The smallest absolute Gasteiger partial charge is 0.259 e. The first-order valence-corrected chi connectivity index (χ1v) is 8.97. The van der Waals surface area contributed by atoms with Gasteiger partial charge in [-0.2, -0.15) is 0 Å². The van der Waals surface area contributed by atoms with Crippen molar-refractivity contribution in [2.75, 3.05) is 0 Å². The van der Waals surface area contributed by atoms with Crippen LogP contribution in [0.1, 0.15) is 45.7 Å². The van der Waals surface area contributed by atoms with Gasteiger partial charge in [-0.15, -0.1) is 0 Å². The highest BCUT2D eigenvalue weighted by Gasteiger charge is 2.47. The molecule has 0 saturated heterocycles. The minimum atomic E-state index is -0.433. The second-order valence-corrected chi connectivity index (χ2v) is 7.81. The van der Waals surface area contributed by atoms with Gasteiger partial charge in [0.25, 0.3) is 5.91 Å². The molecule has 5 rings (SSSR count). The Morgan fingerprint density at radius 3 is 2.00 bits per heavy atom. The molecule has 4 heteroatoms. The lowest BCUT2D eigenvalue weighted by molar-refractivity contribution is -0.126. The second kappa shape index (κ2) is 5.13. The molecule has 0 aromatic heterocycles. The fraction of sp³-hybridized carbons (Fsp3) is 0.174. The standard InChI is InChI=1S/C23H17NO3/c1-23(2)12-13-7-3-4-8-14(13)18-11-17(22(27)24(18)23)19-20(25)15-9-5-6-10-16(15)21(19)26/h3-11H,12H2,1-2H3. The molecule has 2 heterocycles. The Morgan fingerprint density at radius 2 is 1.37 bits per heavy atom. The van der Waals surface area contributed by atoms with Gasteiger partial charge in [-0.25, -0.2) is 0 Å². The lowest BCUT2D eigenvalue weighted by Crippen LogP contribution is -2.48. The average Bonchev–Trinajstić information content (AvgIpc) is 3.11. The Labute approximate surface area is 156 Å². The van der Waals surface area contributed by atoms with Crippen LogP contribution in [0.4, 0.5) is 0 Å². The molecule has 132 valence electrons. The molecule has 0 spiro atoms. The van der Waals surface area contributed by atoms with Gasteiger partial charge in [0.2, 0.25) is 0 Å². The van der Waals surface area contributed by atoms with E-state index in [4.69, 9.17) is 0 Å². The van der Waals surface area contributed by atoms with Crippen LogP contribution in [-0.4, -0.2) is 27.9 Å². The number of Topliss-reactive ketones (excluding diaryl/α,β-unsaturated/α-hetero) is 2. The number of carbonyl (C=O) groups excluding carboxylic acids is 3. The zero-order valence-corrected chi connectivity index (χ0v) is 15.1. The summed E-state index contributed by atoms with van der Waals surface area (Å²) in [5.74, 6) is -0.988. The van der Waals surface area contributed by atoms with E-state index in [9.17, 15) is 14.4 Å². The molecule has 0 atom stereocenters. The summed E-state index contributed by atoms with van der Waals surface area (Å²) in [6.45, 7) is 4.02. The van der Waals surface area contributed by atoms with Gasteiger partial charge in [0.05, 0.1) is 16.8 Å². The van der Waals surface area contributed by atoms with Crippen molar-refractivity contribution in [1.29, 1.82) is 0 Å². The molecular weight excluding hydrogens is 338 g/mol. The second-order valence-electron chi connectivity index (χ2n) is 7.81. The molecule has 0 N–H and O–H groups in total. The predicted molar refractivity (Wildman–Crippen MR) is 101 cm³/mol. The number of rotatable bonds is 0. The molecule has 2 aromatic rings. The van der Waals surface area contributed by atoms with Crippen LogP contribution in [-0.2, 0) is 11.2 Å². The van der Waals surface area contributed by atoms with Gasteiger partial charge >= 0.3 is 0 Å². The Morgan fingerprint density at radius 1 is 0.815 bits per heavy atom. The number of amides is 1. The quantitative estimate of drug-likeness (QED) is 0.536. The first kappa shape index (κ1) is 15.9. The van der Waals surface area contributed by atoms with E-state index in [2.05, 4.69) is 6.07 Å². The Bertz CT molecular complexity index is 1100. The van der Waals surface area contributed by atoms with Crippen LogP contribution in [0, 0.1) is 0 Å². The lowest BCUT2D eigenvalue weighted by atomic mass is 9.84. The summed E-state index contributed by atoms with van der Waals surface area (Å²) in [5, 5.41) is 0. The molecule has 4 nitrogen and oxygen atoms in total. The van der Waals surface area contributed by atoms with Crippen LogP contribution < -0.4 is 0 Å². The van der Waals surface area contributed by atoms with Crippen LogP contribution >= 0.6 is 0 Å². The number of allylic oxidation sites excluding steroid dienone is 1. The molecule has 0 radical (unpaired) electrons. The van der Waals surface area contributed by atoms with E-state index < -0.39 is 5.54 Å². The number of hydrogen-bond donors (Lipinski definition) is 0. The van der Waals surface area contributed by atoms with Crippen LogP contribution in [0.2, 0.25) is 0 Å². The van der Waals surface area contributed by atoms with Gasteiger partial charge in [-0.05, 0) is 31.9 Å². The molecule has 27 heavy (non-hydrogen) atoms. The summed E-state index contributed by atoms with van der Waals surface area (Å²) in [7, 11) is 0. The van der Waals surface area contributed by atoms with Crippen LogP contribution in [0.3, 0.4) is 0 Å². The maximum atomic E-state index is 13.3. The fourth-order valence-corrected chi connectivity index (χ4v) is 4.44. The summed E-state index contributed by atoms with van der Waals surface area (Å²) >= 11 is 0. The van der Waals surface area contributed by atoms with Gasteiger partial charge in [0.1, 0.15) is 0 Å².